The zero-order valence-corrected chi connectivity index (χ0v) is 18.0. The molecule has 23 heavy (non-hydrogen) atoms. The number of rotatable bonds is 2. The summed E-state index contributed by atoms with van der Waals surface area (Å²) in [6.07, 6.45) is 10.3. The molecule has 2 aliphatic rings. The third-order valence-electron chi connectivity index (χ3n) is 6.38. The van der Waals surface area contributed by atoms with Crippen molar-refractivity contribution in [3.05, 3.63) is 0 Å². The Morgan fingerprint density at radius 2 is 1.09 bits per heavy atom. The summed E-state index contributed by atoms with van der Waals surface area (Å²) in [5, 5.41) is 0. The SMILES string of the molecule is CC.CC1CCC(C(C)C)CC1.CC1CCC(C)C(C(C)C)C1. The summed E-state index contributed by atoms with van der Waals surface area (Å²) in [6, 6.07) is 0. The van der Waals surface area contributed by atoms with E-state index in [1.54, 1.807) is 0 Å². The first-order chi connectivity index (χ1) is 10.8. The molecule has 0 heteroatoms. The van der Waals surface area contributed by atoms with Crippen molar-refractivity contribution in [3.63, 3.8) is 0 Å². The highest BCUT2D eigenvalue weighted by atomic mass is 14.3. The zero-order chi connectivity index (χ0) is 18.0. The summed E-state index contributed by atoms with van der Waals surface area (Å²) in [4.78, 5) is 0. The molecule has 3 atom stereocenters. The van der Waals surface area contributed by atoms with E-state index in [9.17, 15) is 0 Å². The van der Waals surface area contributed by atoms with Gasteiger partial charge in [0.25, 0.3) is 0 Å². The highest BCUT2D eigenvalue weighted by Crippen LogP contribution is 2.37. The van der Waals surface area contributed by atoms with E-state index in [4.69, 9.17) is 0 Å². The van der Waals surface area contributed by atoms with E-state index in [-0.39, 0.29) is 0 Å². The lowest BCUT2D eigenvalue weighted by molar-refractivity contribution is 0.155. The standard InChI is InChI=1S/C11H22.C10H20.C2H6/c1-8(2)11-7-9(3)5-6-10(11)4;1-8(2)10-6-4-9(3)5-7-10;1-2/h8-11H,5-7H2,1-4H3;8-10H,4-7H2,1-3H3;1-2H3. The van der Waals surface area contributed by atoms with Crippen LogP contribution < -0.4 is 0 Å². The molecule has 2 rings (SSSR count). The van der Waals surface area contributed by atoms with E-state index in [0.717, 1.165) is 41.4 Å². The fraction of sp³-hybridized carbons (Fsp3) is 1.00. The van der Waals surface area contributed by atoms with Crippen LogP contribution in [-0.4, -0.2) is 0 Å². The molecular formula is C23H48. The van der Waals surface area contributed by atoms with E-state index in [2.05, 4.69) is 48.5 Å². The van der Waals surface area contributed by atoms with Crippen LogP contribution in [0.2, 0.25) is 0 Å². The summed E-state index contributed by atoms with van der Waals surface area (Å²) < 4.78 is 0. The highest BCUT2D eigenvalue weighted by Gasteiger charge is 2.27. The van der Waals surface area contributed by atoms with Crippen LogP contribution in [0.25, 0.3) is 0 Å². The molecule has 0 aromatic heterocycles. The number of hydrogen-bond acceptors (Lipinski definition) is 0. The van der Waals surface area contributed by atoms with Crippen molar-refractivity contribution in [1.82, 2.24) is 0 Å². The van der Waals surface area contributed by atoms with Crippen molar-refractivity contribution >= 4 is 0 Å². The number of hydrogen-bond donors (Lipinski definition) is 0. The molecule has 0 N–H and O–H groups in total. The van der Waals surface area contributed by atoms with Crippen molar-refractivity contribution in [2.24, 2.45) is 41.4 Å². The second-order valence-electron chi connectivity index (χ2n) is 9.07. The van der Waals surface area contributed by atoms with Gasteiger partial charge in [-0.1, -0.05) is 88.0 Å². The normalized spacial score (nSPS) is 34.3. The summed E-state index contributed by atoms with van der Waals surface area (Å²) in [5.74, 6) is 6.83. The quantitative estimate of drug-likeness (QED) is 0.480. The van der Waals surface area contributed by atoms with Gasteiger partial charge in [0, 0.05) is 0 Å². The van der Waals surface area contributed by atoms with Gasteiger partial charge < -0.3 is 0 Å². The lowest BCUT2D eigenvalue weighted by Crippen LogP contribution is -2.25. The maximum absolute atomic E-state index is 2.43. The fourth-order valence-corrected chi connectivity index (χ4v) is 4.46. The predicted molar refractivity (Wildman–Crippen MR) is 108 cm³/mol. The molecule has 0 aromatic carbocycles. The van der Waals surface area contributed by atoms with Crippen LogP contribution in [0.4, 0.5) is 0 Å². The summed E-state index contributed by atoms with van der Waals surface area (Å²) >= 11 is 0. The van der Waals surface area contributed by atoms with Gasteiger partial charge in [0.1, 0.15) is 0 Å². The third-order valence-corrected chi connectivity index (χ3v) is 6.38. The van der Waals surface area contributed by atoms with Gasteiger partial charge in [0.2, 0.25) is 0 Å². The minimum Gasteiger partial charge on any atom is -0.0683 e. The van der Waals surface area contributed by atoms with Crippen molar-refractivity contribution in [3.8, 4) is 0 Å². The smallest absolute Gasteiger partial charge is 0.0363 e. The molecule has 0 saturated heterocycles. The molecular weight excluding hydrogens is 276 g/mol. The molecule has 3 unspecified atom stereocenters. The molecule has 2 aliphatic carbocycles. The molecule has 0 aliphatic heterocycles. The maximum Gasteiger partial charge on any atom is -0.0363 e. The first kappa shape index (κ1) is 23.0. The predicted octanol–water partition coefficient (Wildman–Crippen LogP) is 8.21. The van der Waals surface area contributed by atoms with Crippen LogP contribution in [0, 0.1) is 41.4 Å². The first-order valence-corrected chi connectivity index (χ1v) is 10.8. The highest BCUT2D eigenvalue weighted by molar-refractivity contribution is 4.77. The Balaban J connectivity index is 0.000000381. The fourth-order valence-electron chi connectivity index (χ4n) is 4.46. The molecule has 2 fully saturated rings. The molecule has 0 radical (unpaired) electrons. The molecule has 0 aromatic rings. The Labute approximate surface area is 149 Å². The zero-order valence-electron chi connectivity index (χ0n) is 18.0. The molecule has 0 nitrogen and oxygen atoms in total. The van der Waals surface area contributed by atoms with Gasteiger partial charge in [0.05, 0.1) is 0 Å². The van der Waals surface area contributed by atoms with Crippen LogP contribution >= 0.6 is 0 Å². The van der Waals surface area contributed by atoms with Gasteiger partial charge in [-0.15, -0.1) is 0 Å². The second kappa shape index (κ2) is 12.4. The van der Waals surface area contributed by atoms with Gasteiger partial charge in [-0.25, -0.2) is 0 Å². The minimum absolute atomic E-state index is 0.896. The van der Waals surface area contributed by atoms with Gasteiger partial charge >= 0.3 is 0 Å². The summed E-state index contributed by atoms with van der Waals surface area (Å²) in [5.41, 5.74) is 0. The summed E-state index contributed by atoms with van der Waals surface area (Å²) in [6.45, 7) is 20.7. The molecule has 140 valence electrons. The van der Waals surface area contributed by atoms with E-state index in [1.807, 2.05) is 13.8 Å². The van der Waals surface area contributed by atoms with Crippen LogP contribution in [0.15, 0.2) is 0 Å². The van der Waals surface area contributed by atoms with Crippen molar-refractivity contribution in [2.45, 2.75) is 107 Å². The van der Waals surface area contributed by atoms with Crippen LogP contribution in [0.1, 0.15) is 107 Å². The van der Waals surface area contributed by atoms with Crippen molar-refractivity contribution in [2.75, 3.05) is 0 Å². The van der Waals surface area contributed by atoms with Crippen LogP contribution in [-0.2, 0) is 0 Å². The summed E-state index contributed by atoms with van der Waals surface area (Å²) in [7, 11) is 0. The van der Waals surface area contributed by atoms with E-state index < -0.39 is 0 Å². The van der Waals surface area contributed by atoms with Gasteiger partial charge in [-0.2, -0.15) is 0 Å². The Hall–Kier alpha value is 0. The van der Waals surface area contributed by atoms with Crippen molar-refractivity contribution in [1.29, 1.82) is 0 Å². The van der Waals surface area contributed by atoms with E-state index in [1.165, 1.54) is 44.9 Å². The van der Waals surface area contributed by atoms with E-state index in [0.29, 0.717) is 0 Å². The lowest BCUT2D eigenvalue weighted by atomic mass is 9.71. The Kier molecular flexibility index (Phi) is 12.4. The van der Waals surface area contributed by atoms with Gasteiger partial charge in [0.15, 0.2) is 0 Å². The Morgan fingerprint density at radius 3 is 1.48 bits per heavy atom. The molecule has 0 amide bonds. The van der Waals surface area contributed by atoms with Crippen LogP contribution in [0.3, 0.4) is 0 Å². The maximum atomic E-state index is 2.43. The van der Waals surface area contributed by atoms with E-state index >= 15 is 0 Å². The Bertz CT molecular complexity index is 257. The molecule has 0 heterocycles. The Morgan fingerprint density at radius 1 is 0.609 bits per heavy atom. The lowest BCUT2D eigenvalue weighted by Gasteiger charge is -2.35. The van der Waals surface area contributed by atoms with Crippen molar-refractivity contribution < 1.29 is 0 Å². The average molecular weight is 325 g/mol. The molecule has 0 bridgehead atoms. The largest absolute Gasteiger partial charge is 0.0683 e. The van der Waals surface area contributed by atoms with Gasteiger partial charge in [-0.05, 0) is 60.7 Å². The third kappa shape index (κ3) is 9.16. The van der Waals surface area contributed by atoms with Gasteiger partial charge in [-0.3, -0.25) is 0 Å². The topological polar surface area (TPSA) is 0 Å². The monoisotopic (exact) mass is 324 g/mol. The second-order valence-corrected chi connectivity index (χ2v) is 9.07. The minimum atomic E-state index is 0.896. The van der Waals surface area contributed by atoms with Crippen LogP contribution in [0.5, 0.6) is 0 Å². The average Bonchev–Trinajstić information content (AvgIpc) is 2.52. The molecule has 0 spiro atoms. The molecule has 2 saturated carbocycles. The first-order valence-electron chi connectivity index (χ1n) is 10.8.